The van der Waals surface area contributed by atoms with Crippen LogP contribution >= 0.6 is 0 Å². The maximum Gasteiger partial charge on any atom is 0.338 e. The number of rotatable bonds is 1. The lowest BCUT2D eigenvalue weighted by Crippen LogP contribution is -2.57. The van der Waals surface area contributed by atoms with Crippen molar-refractivity contribution < 1.29 is 14.3 Å². The summed E-state index contributed by atoms with van der Waals surface area (Å²) in [7, 11) is 0. The van der Waals surface area contributed by atoms with E-state index in [1.165, 1.54) is 5.56 Å². The Morgan fingerprint density at radius 2 is 2.29 bits per heavy atom. The molecule has 1 N–H and O–H groups in total. The average Bonchev–Trinajstić information content (AvgIpc) is 2.90. The summed E-state index contributed by atoms with van der Waals surface area (Å²) in [5.74, 6) is -0.202. The molecule has 0 bridgehead atoms. The minimum absolute atomic E-state index is 0.0975. The van der Waals surface area contributed by atoms with Crippen molar-refractivity contribution in [1.29, 1.82) is 0 Å². The van der Waals surface area contributed by atoms with Crippen LogP contribution in [-0.2, 0) is 16.1 Å². The Morgan fingerprint density at radius 3 is 3.19 bits per heavy atom. The van der Waals surface area contributed by atoms with E-state index in [4.69, 9.17) is 9.47 Å². The summed E-state index contributed by atoms with van der Waals surface area (Å²) in [6.07, 6.45) is 0.0975. The van der Waals surface area contributed by atoms with E-state index in [1.807, 2.05) is 12.1 Å². The molecule has 2 atom stereocenters. The second kappa shape index (κ2) is 5.09. The number of cyclic esters (lactones) is 1. The zero-order valence-corrected chi connectivity index (χ0v) is 12.2. The fourth-order valence-corrected chi connectivity index (χ4v) is 3.61. The van der Waals surface area contributed by atoms with E-state index in [9.17, 15) is 4.79 Å². The van der Waals surface area contributed by atoms with E-state index in [-0.39, 0.29) is 12.1 Å². The number of hydrogen-bond donors (Lipinski definition) is 1. The molecule has 2 fully saturated rings. The number of morpholine rings is 1. The van der Waals surface area contributed by atoms with E-state index >= 15 is 0 Å². The highest BCUT2D eigenvalue weighted by Gasteiger charge is 2.33. The Labute approximate surface area is 124 Å². The van der Waals surface area contributed by atoms with Crippen LogP contribution in [0.3, 0.4) is 0 Å². The molecule has 3 aliphatic heterocycles. The van der Waals surface area contributed by atoms with E-state index in [2.05, 4.69) is 17.1 Å². The molecule has 0 spiro atoms. The number of carbonyl (C=O) groups excluding carboxylic acids is 1. The van der Waals surface area contributed by atoms with Crippen molar-refractivity contribution in [3.8, 4) is 0 Å². The van der Waals surface area contributed by atoms with Crippen LogP contribution in [-0.4, -0.2) is 49.7 Å². The van der Waals surface area contributed by atoms with Crippen molar-refractivity contribution in [3.05, 3.63) is 34.4 Å². The number of nitrogens with zero attached hydrogens (tertiary/aromatic N) is 1. The first-order valence-corrected chi connectivity index (χ1v) is 7.60. The first-order valence-electron chi connectivity index (χ1n) is 7.60. The summed E-state index contributed by atoms with van der Waals surface area (Å²) in [6.45, 7) is 7.31. The summed E-state index contributed by atoms with van der Waals surface area (Å²) < 4.78 is 11.2. The second-order valence-electron chi connectivity index (χ2n) is 6.06. The van der Waals surface area contributed by atoms with Crippen molar-refractivity contribution in [3.63, 3.8) is 0 Å². The van der Waals surface area contributed by atoms with Gasteiger partial charge in [-0.3, -0.25) is 4.90 Å². The van der Waals surface area contributed by atoms with Gasteiger partial charge >= 0.3 is 5.97 Å². The lowest BCUT2D eigenvalue weighted by Gasteiger charge is -2.43. The number of benzene rings is 1. The summed E-state index contributed by atoms with van der Waals surface area (Å²) in [5, 5.41) is 3.41. The van der Waals surface area contributed by atoms with Crippen LogP contribution in [0.25, 0.3) is 0 Å². The fraction of sp³-hybridized carbons (Fsp3) is 0.562. The first-order chi connectivity index (χ1) is 10.2. The van der Waals surface area contributed by atoms with Gasteiger partial charge in [-0.1, -0.05) is 6.07 Å². The summed E-state index contributed by atoms with van der Waals surface area (Å²) in [5.41, 5.74) is 4.09. The third-order valence-corrected chi connectivity index (χ3v) is 4.92. The van der Waals surface area contributed by atoms with Gasteiger partial charge < -0.3 is 14.8 Å². The zero-order valence-electron chi connectivity index (χ0n) is 12.2. The minimum atomic E-state index is -0.202. The molecular weight excluding hydrogens is 268 g/mol. The van der Waals surface area contributed by atoms with Crippen LogP contribution in [0, 0.1) is 6.92 Å². The molecule has 5 heteroatoms. The number of hydrogen-bond acceptors (Lipinski definition) is 5. The van der Waals surface area contributed by atoms with Crippen molar-refractivity contribution in [2.24, 2.45) is 0 Å². The Kier molecular flexibility index (Phi) is 3.21. The third-order valence-electron chi connectivity index (χ3n) is 4.92. The van der Waals surface area contributed by atoms with E-state index in [0.29, 0.717) is 18.2 Å². The molecule has 21 heavy (non-hydrogen) atoms. The van der Waals surface area contributed by atoms with Gasteiger partial charge in [-0.2, -0.15) is 0 Å². The van der Waals surface area contributed by atoms with Crippen molar-refractivity contribution in [2.45, 2.75) is 25.7 Å². The van der Waals surface area contributed by atoms with E-state index in [1.54, 1.807) is 0 Å². The molecule has 0 amide bonds. The van der Waals surface area contributed by atoms with E-state index in [0.717, 1.165) is 43.9 Å². The number of piperazine rings is 1. The van der Waals surface area contributed by atoms with Crippen LogP contribution in [0.2, 0.25) is 0 Å². The quantitative estimate of drug-likeness (QED) is 0.782. The highest BCUT2D eigenvalue weighted by atomic mass is 16.5. The second-order valence-corrected chi connectivity index (χ2v) is 6.06. The van der Waals surface area contributed by atoms with Gasteiger partial charge in [0.2, 0.25) is 0 Å². The molecule has 4 rings (SSSR count). The van der Waals surface area contributed by atoms with E-state index < -0.39 is 0 Å². The lowest BCUT2D eigenvalue weighted by molar-refractivity contribution is -0.0720. The Morgan fingerprint density at radius 1 is 1.38 bits per heavy atom. The largest absolute Gasteiger partial charge is 0.457 e. The first kappa shape index (κ1) is 13.2. The highest BCUT2D eigenvalue weighted by molar-refractivity contribution is 5.93. The number of carbonyl (C=O) groups is 1. The summed E-state index contributed by atoms with van der Waals surface area (Å²) in [4.78, 5) is 14.1. The van der Waals surface area contributed by atoms with Gasteiger partial charge in [0.1, 0.15) is 6.61 Å². The topological polar surface area (TPSA) is 50.8 Å². The number of fused-ring (bicyclic) bond motifs is 2. The molecule has 2 saturated heterocycles. The molecule has 0 aromatic heterocycles. The normalized spacial score (nSPS) is 28.9. The highest BCUT2D eigenvalue weighted by Crippen LogP contribution is 2.33. The van der Waals surface area contributed by atoms with Gasteiger partial charge in [0, 0.05) is 37.8 Å². The summed E-state index contributed by atoms with van der Waals surface area (Å²) >= 11 is 0. The standard InChI is InChI=1S/C16H20N2O3/c1-10-12(2-3-13-14(10)9-21-16(13)19)15-7-18-5-4-17-6-11(18)8-20-15/h2-3,11,15,17H,4-9H2,1H3/t11-,15-/m1/s1. The molecule has 0 radical (unpaired) electrons. The monoisotopic (exact) mass is 288 g/mol. The molecule has 0 unspecified atom stereocenters. The van der Waals surface area contributed by atoms with Crippen LogP contribution < -0.4 is 5.32 Å². The number of nitrogens with one attached hydrogen (secondary N) is 1. The molecule has 5 nitrogen and oxygen atoms in total. The Bertz CT molecular complexity index is 587. The van der Waals surface area contributed by atoms with Crippen molar-refractivity contribution >= 4 is 5.97 Å². The molecule has 112 valence electrons. The third kappa shape index (κ3) is 2.16. The average molecular weight is 288 g/mol. The maximum absolute atomic E-state index is 11.6. The number of ether oxygens (including phenoxy) is 2. The van der Waals surface area contributed by atoms with Crippen molar-refractivity contribution in [2.75, 3.05) is 32.8 Å². The van der Waals surface area contributed by atoms with Gasteiger partial charge in [-0.15, -0.1) is 0 Å². The molecule has 0 saturated carbocycles. The Balaban J connectivity index is 1.61. The molecule has 3 heterocycles. The van der Waals surface area contributed by atoms with Gasteiger partial charge in [-0.25, -0.2) is 4.79 Å². The van der Waals surface area contributed by atoms with Crippen LogP contribution in [0.15, 0.2) is 12.1 Å². The zero-order chi connectivity index (χ0) is 14.4. The van der Waals surface area contributed by atoms with Gasteiger partial charge in [0.15, 0.2) is 0 Å². The lowest BCUT2D eigenvalue weighted by atomic mass is 9.94. The minimum Gasteiger partial charge on any atom is -0.457 e. The molecule has 1 aromatic carbocycles. The van der Waals surface area contributed by atoms with Gasteiger partial charge in [-0.05, 0) is 24.1 Å². The van der Waals surface area contributed by atoms with Gasteiger partial charge in [0.05, 0.1) is 18.3 Å². The fourth-order valence-electron chi connectivity index (χ4n) is 3.61. The predicted octanol–water partition coefficient (Wildman–Crippen LogP) is 1.01. The van der Waals surface area contributed by atoms with Crippen molar-refractivity contribution in [1.82, 2.24) is 10.2 Å². The van der Waals surface area contributed by atoms with Gasteiger partial charge in [0.25, 0.3) is 0 Å². The number of esters is 1. The predicted molar refractivity (Wildman–Crippen MR) is 77.2 cm³/mol. The van der Waals surface area contributed by atoms with Crippen LogP contribution in [0.1, 0.15) is 33.2 Å². The Hall–Kier alpha value is -1.43. The SMILES string of the molecule is Cc1c([C@H]2CN3CCNC[C@@H]3CO2)ccc2c1COC2=O. The summed E-state index contributed by atoms with van der Waals surface area (Å²) in [6, 6.07) is 4.42. The maximum atomic E-state index is 11.6. The molecule has 0 aliphatic carbocycles. The molecular formula is C16H20N2O3. The van der Waals surface area contributed by atoms with Crippen LogP contribution in [0.4, 0.5) is 0 Å². The van der Waals surface area contributed by atoms with Crippen LogP contribution in [0.5, 0.6) is 0 Å². The smallest absolute Gasteiger partial charge is 0.338 e. The molecule has 3 aliphatic rings. The molecule has 1 aromatic rings.